The minimum Gasteiger partial charge on any atom is -0.405 e. The highest BCUT2D eigenvalue weighted by Crippen LogP contribution is 2.36. The van der Waals surface area contributed by atoms with Crippen molar-refractivity contribution in [1.29, 1.82) is 0 Å². The smallest absolute Gasteiger partial charge is 0.405 e. The van der Waals surface area contributed by atoms with E-state index in [1.165, 1.54) is 18.2 Å². The summed E-state index contributed by atoms with van der Waals surface area (Å²) in [6.07, 6.45) is -4.87. The van der Waals surface area contributed by atoms with Crippen LogP contribution in [0.15, 0.2) is 48.5 Å². The normalized spacial score (nSPS) is 11.3. The number of nitrogen functional groups attached to an aromatic ring is 1. The molecule has 2 aromatic carbocycles. The number of rotatable bonds is 4. The van der Waals surface area contributed by atoms with Gasteiger partial charge in [-0.15, -0.1) is 13.2 Å². The molecule has 0 fully saturated rings. The highest BCUT2D eigenvalue weighted by molar-refractivity contribution is 6.31. The maximum atomic E-state index is 12.7. The Labute approximate surface area is 161 Å². The lowest BCUT2D eigenvalue weighted by Crippen LogP contribution is -2.17. The number of nitrogens with zero attached hydrogens (tertiary/aromatic N) is 2. The van der Waals surface area contributed by atoms with E-state index in [4.69, 9.17) is 28.9 Å². The van der Waals surface area contributed by atoms with Crippen molar-refractivity contribution in [1.82, 2.24) is 9.97 Å². The quantitative estimate of drug-likeness (QED) is 0.574. The van der Waals surface area contributed by atoms with Crippen LogP contribution in [0.25, 0.3) is 11.3 Å². The Balaban J connectivity index is 2.01. The number of hydrogen-bond acceptors (Lipinski definition) is 5. The molecule has 27 heavy (non-hydrogen) atoms. The first kappa shape index (κ1) is 19.1. The van der Waals surface area contributed by atoms with Crippen molar-refractivity contribution in [3.05, 3.63) is 58.6 Å². The molecular formula is C17H11Cl2F3N4O. The molecule has 1 aromatic heterocycles. The van der Waals surface area contributed by atoms with Crippen LogP contribution < -0.4 is 15.8 Å². The van der Waals surface area contributed by atoms with Crippen LogP contribution >= 0.6 is 23.2 Å². The molecule has 0 amide bonds. The maximum absolute atomic E-state index is 12.7. The third-order valence-corrected chi connectivity index (χ3v) is 3.79. The van der Waals surface area contributed by atoms with Crippen LogP contribution in [0.2, 0.25) is 10.0 Å². The number of nitrogens with two attached hydrogens (primary N) is 1. The van der Waals surface area contributed by atoms with Gasteiger partial charge in [0, 0.05) is 27.4 Å². The van der Waals surface area contributed by atoms with Crippen LogP contribution in [-0.2, 0) is 0 Å². The van der Waals surface area contributed by atoms with Gasteiger partial charge in [-0.1, -0.05) is 23.2 Å². The highest BCUT2D eigenvalue weighted by Gasteiger charge is 2.32. The van der Waals surface area contributed by atoms with Gasteiger partial charge in [0.25, 0.3) is 0 Å². The van der Waals surface area contributed by atoms with E-state index in [9.17, 15) is 13.2 Å². The molecule has 0 atom stereocenters. The van der Waals surface area contributed by atoms with Crippen molar-refractivity contribution < 1.29 is 17.9 Å². The molecule has 10 heteroatoms. The van der Waals surface area contributed by atoms with E-state index >= 15 is 0 Å². The molecule has 0 aliphatic carbocycles. The second kappa shape index (κ2) is 7.50. The van der Waals surface area contributed by atoms with Gasteiger partial charge in [0.1, 0.15) is 11.6 Å². The molecule has 1 heterocycles. The summed E-state index contributed by atoms with van der Waals surface area (Å²) in [6.45, 7) is 0. The minimum atomic E-state index is -4.87. The van der Waals surface area contributed by atoms with Gasteiger partial charge >= 0.3 is 6.36 Å². The molecule has 0 aliphatic heterocycles. The third kappa shape index (κ3) is 5.15. The summed E-state index contributed by atoms with van der Waals surface area (Å²) in [6, 6.07) is 11.9. The molecule has 3 N–H and O–H groups in total. The van der Waals surface area contributed by atoms with Gasteiger partial charge in [0.05, 0.1) is 5.69 Å². The van der Waals surface area contributed by atoms with E-state index in [0.717, 1.165) is 6.07 Å². The Hall–Kier alpha value is -2.71. The molecule has 3 rings (SSSR count). The Bertz CT molecular complexity index is 965. The van der Waals surface area contributed by atoms with Crippen molar-refractivity contribution in [2.45, 2.75) is 6.36 Å². The number of anilines is 3. The zero-order chi connectivity index (χ0) is 19.6. The molecule has 5 nitrogen and oxygen atoms in total. The van der Waals surface area contributed by atoms with E-state index in [1.54, 1.807) is 24.3 Å². The number of aromatic nitrogens is 2. The summed E-state index contributed by atoms with van der Waals surface area (Å²) in [4.78, 5) is 8.02. The van der Waals surface area contributed by atoms with E-state index in [1.807, 2.05) is 0 Å². The van der Waals surface area contributed by atoms with E-state index in [-0.39, 0.29) is 28.0 Å². The zero-order valence-corrected chi connectivity index (χ0v) is 14.9. The molecule has 140 valence electrons. The lowest BCUT2D eigenvalue weighted by molar-refractivity contribution is -0.274. The van der Waals surface area contributed by atoms with Gasteiger partial charge < -0.3 is 15.8 Å². The Morgan fingerprint density at radius 1 is 0.926 bits per heavy atom. The number of nitrogens with one attached hydrogen (secondary N) is 1. The number of hydrogen-bond donors (Lipinski definition) is 2. The van der Waals surface area contributed by atoms with Gasteiger partial charge in [0.2, 0.25) is 5.95 Å². The fourth-order valence-corrected chi connectivity index (χ4v) is 2.56. The van der Waals surface area contributed by atoms with Crippen LogP contribution in [-0.4, -0.2) is 16.3 Å². The Morgan fingerprint density at radius 3 is 2.26 bits per heavy atom. The molecule has 0 spiro atoms. The predicted octanol–water partition coefficient (Wildman–Crippen LogP) is 5.67. The van der Waals surface area contributed by atoms with Crippen LogP contribution in [0.1, 0.15) is 0 Å². The standard InChI is InChI=1S/C17H11Cl2F3N4O/c18-9-1-4-11(5-2-9)24-15-8-13(25-16(23)26-15)12-7-10(19)3-6-14(12)27-17(20,21)22/h1-8H,(H3,23,24,25,26). The van der Waals surface area contributed by atoms with Gasteiger partial charge in [-0.25, -0.2) is 4.98 Å². The second-order valence-electron chi connectivity index (χ2n) is 5.32. The molecule has 3 aromatic rings. The average Bonchev–Trinajstić information content (AvgIpc) is 2.57. The summed E-state index contributed by atoms with van der Waals surface area (Å²) >= 11 is 11.8. The monoisotopic (exact) mass is 414 g/mol. The van der Waals surface area contributed by atoms with Crippen molar-refractivity contribution in [3.63, 3.8) is 0 Å². The predicted molar refractivity (Wildman–Crippen MR) is 98.3 cm³/mol. The van der Waals surface area contributed by atoms with Crippen molar-refractivity contribution >= 4 is 40.7 Å². The Kier molecular flexibility index (Phi) is 5.29. The van der Waals surface area contributed by atoms with Crippen LogP contribution in [0.5, 0.6) is 5.75 Å². The lowest BCUT2D eigenvalue weighted by Gasteiger charge is -2.14. The van der Waals surface area contributed by atoms with E-state index < -0.39 is 12.1 Å². The topological polar surface area (TPSA) is 73.1 Å². The SMILES string of the molecule is Nc1nc(Nc2ccc(Cl)cc2)cc(-c2cc(Cl)ccc2OC(F)(F)F)n1. The van der Waals surface area contributed by atoms with Gasteiger partial charge in [-0.3, -0.25) is 0 Å². The first-order valence-corrected chi connectivity index (χ1v) is 8.18. The fourth-order valence-electron chi connectivity index (χ4n) is 2.27. The van der Waals surface area contributed by atoms with Gasteiger partial charge in [0.15, 0.2) is 0 Å². The zero-order valence-electron chi connectivity index (χ0n) is 13.4. The molecule has 0 saturated heterocycles. The molecular weight excluding hydrogens is 404 g/mol. The van der Waals surface area contributed by atoms with Crippen LogP contribution in [0.3, 0.4) is 0 Å². The average molecular weight is 415 g/mol. The fraction of sp³-hybridized carbons (Fsp3) is 0.0588. The van der Waals surface area contributed by atoms with Crippen molar-refractivity contribution in [2.24, 2.45) is 0 Å². The number of halogens is 5. The third-order valence-electron chi connectivity index (χ3n) is 3.30. The highest BCUT2D eigenvalue weighted by atomic mass is 35.5. The van der Waals surface area contributed by atoms with E-state index in [2.05, 4.69) is 20.0 Å². The second-order valence-corrected chi connectivity index (χ2v) is 6.19. The first-order valence-electron chi connectivity index (χ1n) is 7.42. The first-order chi connectivity index (χ1) is 12.7. The molecule has 0 aliphatic rings. The maximum Gasteiger partial charge on any atom is 0.573 e. The summed E-state index contributed by atoms with van der Waals surface area (Å²) in [5.41, 5.74) is 6.50. The van der Waals surface area contributed by atoms with Crippen molar-refractivity contribution in [3.8, 4) is 17.0 Å². The Morgan fingerprint density at radius 2 is 1.59 bits per heavy atom. The number of benzene rings is 2. The molecule has 0 saturated carbocycles. The number of ether oxygens (including phenoxy) is 1. The molecule has 0 radical (unpaired) electrons. The van der Waals surface area contributed by atoms with Crippen molar-refractivity contribution in [2.75, 3.05) is 11.1 Å². The summed E-state index contributed by atoms with van der Waals surface area (Å²) < 4.78 is 42.1. The largest absolute Gasteiger partial charge is 0.573 e. The molecule has 0 unspecified atom stereocenters. The lowest BCUT2D eigenvalue weighted by atomic mass is 10.1. The minimum absolute atomic E-state index is 0.0214. The van der Waals surface area contributed by atoms with Crippen LogP contribution in [0, 0.1) is 0 Å². The van der Waals surface area contributed by atoms with Gasteiger partial charge in [-0.05, 0) is 42.5 Å². The van der Waals surface area contributed by atoms with Gasteiger partial charge in [-0.2, -0.15) is 4.98 Å². The summed E-state index contributed by atoms with van der Waals surface area (Å²) in [5, 5.41) is 3.74. The number of alkyl halides is 3. The van der Waals surface area contributed by atoms with Crippen LogP contribution in [0.4, 0.5) is 30.6 Å². The molecule has 0 bridgehead atoms. The van der Waals surface area contributed by atoms with E-state index in [0.29, 0.717) is 10.7 Å². The summed E-state index contributed by atoms with van der Waals surface area (Å²) in [7, 11) is 0. The summed E-state index contributed by atoms with van der Waals surface area (Å²) in [5.74, 6) is -0.318.